The van der Waals surface area contributed by atoms with E-state index in [0.717, 1.165) is 43.8 Å². The molecule has 0 spiro atoms. The Bertz CT molecular complexity index is 1460. The van der Waals surface area contributed by atoms with Crippen LogP contribution in [0, 0.1) is 20.8 Å². The molecule has 2 N–H and O–H groups in total. The summed E-state index contributed by atoms with van der Waals surface area (Å²) in [5, 5.41) is 9.45. The molecule has 0 saturated heterocycles. The first kappa shape index (κ1) is 26.0. The number of aliphatic hydroxyl groups excluding tert-OH is 1. The van der Waals surface area contributed by atoms with E-state index in [0.29, 0.717) is 31.3 Å². The number of aromatic amines is 1. The van der Waals surface area contributed by atoms with Gasteiger partial charge in [-0.3, -0.25) is 0 Å². The van der Waals surface area contributed by atoms with Crippen molar-refractivity contribution >= 4 is 0 Å². The highest BCUT2D eigenvalue weighted by Gasteiger charge is 2.14. The molecular weight excluding hydrogens is 474 g/mol. The Kier molecular flexibility index (Phi) is 7.93. The average molecular weight is 506 g/mol. The number of aliphatic hydroxyl groups is 1. The first-order valence-electron chi connectivity index (χ1n) is 12.1. The molecule has 0 amide bonds. The molecule has 9 nitrogen and oxygen atoms in total. The van der Waals surface area contributed by atoms with Crippen LogP contribution < -0.4 is 20.9 Å². The van der Waals surface area contributed by atoms with Crippen LogP contribution in [0.15, 0.2) is 62.6 Å². The molecule has 0 fully saturated rings. The lowest BCUT2D eigenvalue weighted by atomic mass is 9.93. The van der Waals surface area contributed by atoms with Crippen molar-refractivity contribution in [3.05, 3.63) is 97.5 Å². The largest absolute Gasteiger partial charge is 0.489 e. The normalized spacial score (nSPS) is 11.9. The minimum Gasteiger partial charge on any atom is -0.489 e. The number of nitrogens with one attached hydrogen (secondary N) is 1. The molecule has 0 aliphatic carbocycles. The molecule has 0 unspecified atom stereocenters. The lowest BCUT2D eigenvalue weighted by molar-refractivity contribution is 0.154. The lowest BCUT2D eigenvalue weighted by Gasteiger charge is -2.17. The minimum absolute atomic E-state index is 0.149. The molecule has 4 rings (SSSR count). The Labute approximate surface area is 214 Å². The van der Waals surface area contributed by atoms with Crippen molar-refractivity contribution in [3.63, 3.8) is 0 Å². The molecule has 1 atom stereocenters. The van der Waals surface area contributed by atoms with Gasteiger partial charge in [0.1, 0.15) is 12.4 Å². The number of H-pyrrole nitrogens is 1. The maximum Gasteiger partial charge on any atom is 0.440 e. The van der Waals surface area contributed by atoms with Gasteiger partial charge in [0.25, 0.3) is 0 Å². The molecule has 194 valence electrons. The molecule has 4 aromatic rings. The Morgan fingerprint density at radius 3 is 2.49 bits per heavy atom. The van der Waals surface area contributed by atoms with E-state index in [9.17, 15) is 14.7 Å². The third-order valence-electron chi connectivity index (χ3n) is 6.15. The number of hydrogen-bond acceptors (Lipinski definition) is 7. The zero-order chi connectivity index (χ0) is 26.5. The van der Waals surface area contributed by atoms with Gasteiger partial charge >= 0.3 is 11.4 Å². The van der Waals surface area contributed by atoms with Crippen molar-refractivity contribution in [2.75, 3.05) is 6.61 Å². The molecule has 37 heavy (non-hydrogen) atoms. The summed E-state index contributed by atoms with van der Waals surface area (Å²) in [5.41, 5.74) is 6.48. The van der Waals surface area contributed by atoms with Crippen LogP contribution in [0.3, 0.4) is 0 Å². The molecule has 0 aliphatic rings. The number of hydrogen-bond donors (Lipinski definition) is 2. The monoisotopic (exact) mass is 505 g/mol. The van der Waals surface area contributed by atoms with E-state index in [4.69, 9.17) is 14.0 Å². The van der Waals surface area contributed by atoms with Gasteiger partial charge in [-0.2, -0.15) is 0 Å². The quantitative estimate of drug-likeness (QED) is 0.335. The van der Waals surface area contributed by atoms with Crippen LogP contribution >= 0.6 is 0 Å². The molecule has 9 heteroatoms. The van der Waals surface area contributed by atoms with Gasteiger partial charge in [0.2, 0.25) is 5.88 Å². The number of rotatable bonds is 10. The fraction of sp³-hybridized carbons (Fsp3) is 0.321. The van der Waals surface area contributed by atoms with Crippen LogP contribution in [0.1, 0.15) is 41.3 Å². The first-order chi connectivity index (χ1) is 17.7. The van der Waals surface area contributed by atoms with Gasteiger partial charge in [-0.1, -0.05) is 30.3 Å². The van der Waals surface area contributed by atoms with Gasteiger partial charge in [-0.05, 0) is 67.6 Å². The SMILES string of the molecule is Cc1cc(OCC[C@H](C)O)nc(C)c1-c1cccc(COc2ccc(Cn3oc(=O)[nH]c3=O)cc2)c1C. The van der Waals surface area contributed by atoms with E-state index >= 15 is 0 Å². The fourth-order valence-corrected chi connectivity index (χ4v) is 4.16. The van der Waals surface area contributed by atoms with Gasteiger partial charge in [-0.25, -0.2) is 19.6 Å². The minimum atomic E-state index is -0.777. The topological polar surface area (TPSA) is 120 Å². The second kappa shape index (κ2) is 11.3. The first-order valence-corrected chi connectivity index (χ1v) is 12.1. The second-order valence-electron chi connectivity index (χ2n) is 9.09. The highest BCUT2D eigenvalue weighted by Crippen LogP contribution is 2.33. The maximum atomic E-state index is 11.6. The summed E-state index contributed by atoms with van der Waals surface area (Å²) in [5.74, 6) is 0.466. The highest BCUT2D eigenvalue weighted by molar-refractivity contribution is 5.73. The predicted molar refractivity (Wildman–Crippen MR) is 139 cm³/mol. The Morgan fingerprint density at radius 1 is 1.08 bits per heavy atom. The van der Waals surface area contributed by atoms with Gasteiger partial charge in [0.15, 0.2) is 0 Å². The number of aryl methyl sites for hydroxylation is 2. The maximum absolute atomic E-state index is 11.6. The number of aromatic nitrogens is 3. The fourth-order valence-electron chi connectivity index (χ4n) is 4.16. The molecule has 0 aliphatic heterocycles. The summed E-state index contributed by atoms with van der Waals surface area (Å²) >= 11 is 0. The summed E-state index contributed by atoms with van der Waals surface area (Å²) in [4.78, 5) is 29.5. The molecular formula is C28H31N3O6. The van der Waals surface area contributed by atoms with Crippen molar-refractivity contribution in [1.82, 2.24) is 14.7 Å². The van der Waals surface area contributed by atoms with E-state index in [1.165, 1.54) is 0 Å². The van der Waals surface area contributed by atoms with Crippen LogP contribution in [0.2, 0.25) is 0 Å². The van der Waals surface area contributed by atoms with E-state index in [1.807, 2.05) is 56.3 Å². The Balaban J connectivity index is 1.46. The Morgan fingerprint density at radius 2 is 1.84 bits per heavy atom. The zero-order valence-electron chi connectivity index (χ0n) is 21.4. The third kappa shape index (κ3) is 6.37. The van der Waals surface area contributed by atoms with Crippen molar-refractivity contribution < 1.29 is 19.1 Å². The van der Waals surface area contributed by atoms with E-state index < -0.39 is 17.5 Å². The summed E-state index contributed by atoms with van der Waals surface area (Å²) < 4.78 is 17.5. The van der Waals surface area contributed by atoms with Crippen molar-refractivity contribution in [3.8, 4) is 22.8 Å². The van der Waals surface area contributed by atoms with Crippen LogP contribution in [0.25, 0.3) is 11.1 Å². The predicted octanol–water partition coefficient (Wildman–Crippen LogP) is 3.89. The molecule has 0 radical (unpaired) electrons. The van der Waals surface area contributed by atoms with E-state index in [-0.39, 0.29) is 6.54 Å². The zero-order valence-corrected chi connectivity index (χ0v) is 21.4. The number of benzene rings is 2. The average Bonchev–Trinajstić information content (AvgIpc) is 3.16. The number of nitrogens with zero attached hydrogens (tertiary/aromatic N) is 2. The molecule has 2 heterocycles. The number of ether oxygens (including phenoxy) is 2. The summed E-state index contributed by atoms with van der Waals surface area (Å²) in [6.45, 7) is 8.78. The van der Waals surface area contributed by atoms with Crippen LogP contribution in [0.4, 0.5) is 0 Å². The lowest BCUT2D eigenvalue weighted by Crippen LogP contribution is -2.17. The summed E-state index contributed by atoms with van der Waals surface area (Å²) in [7, 11) is 0. The van der Waals surface area contributed by atoms with E-state index in [1.54, 1.807) is 6.92 Å². The smallest absolute Gasteiger partial charge is 0.440 e. The molecule has 0 saturated carbocycles. The van der Waals surface area contributed by atoms with Crippen molar-refractivity contribution in [2.24, 2.45) is 0 Å². The van der Waals surface area contributed by atoms with Crippen molar-refractivity contribution in [1.29, 1.82) is 0 Å². The summed E-state index contributed by atoms with van der Waals surface area (Å²) in [6.07, 6.45) is 0.142. The second-order valence-corrected chi connectivity index (χ2v) is 9.09. The van der Waals surface area contributed by atoms with Crippen LogP contribution in [-0.4, -0.2) is 32.5 Å². The Hall–Kier alpha value is -4.11. The summed E-state index contributed by atoms with van der Waals surface area (Å²) in [6, 6.07) is 15.3. The van der Waals surface area contributed by atoms with Gasteiger partial charge in [0, 0.05) is 23.7 Å². The van der Waals surface area contributed by atoms with Gasteiger partial charge in [-0.15, -0.1) is 4.74 Å². The highest BCUT2D eigenvalue weighted by atomic mass is 16.5. The van der Waals surface area contributed by atoms with Crippen molar-refractivity contribution in [2.45, 2.75) is 53.4 Å². The molecule has 2 aromatic carbocycles. The molecule has 2 aromatic heterocycles. The van der Waals surface area contributed by atoms with Crippen LogP contribution in [0.5, 0.6) is 11.6 Å². The van der Waals surface area contributed by atoms with Gasteiger partial charge in [0.05, 0.1) is 19.3 Å². The van der Waals surface area contributed by atoms with E-state index in [2.05, 4.69) is 23.0 Å². The van der Waals surface area contributed by atoms with Gasteiger partial charge < -0.3 is 19.1 Å². The standard InChI is InChI=1S/C28H31N3O6/c1-17-14-25(35-13-12-18(2)32)29-20(4)26(17)24-7-5-6-22(19(24)3)16-36-23-10-8-21(9-11-23)15-31-27(33)30-28(34)37-31/h5-11,14,18,32H,12-13,15-16H2,1-4H3,(H,30,33,34)/t18-/m0/s1. The molecule has 0 bridgehead atoms. The van der Waals surface area contributed by atoms with Crippen LogP contribution in [-0.2, 0) is 13.2 Å². The number of pyridine rings is 1. The third-order valence-corrected chi connectivity index (χ3v) is 6.15.